The third-order valence-electron chi connectivity index (χ3n) is 2.90. The lowest BCUT2D eigenvalue weighted by Gasteiger charge is -2.08. The van der Waals surface area contributed by atoms with Crippen molar-refractivity contribution in [2.45, 2.75) is 6.61 Å². The van der Waals surface area contributed by atoms with Gasteiger partial charge in [0.1, 0.15) is 5.75 Å². The lowest BCUT2D eigenvalue weighted by Crippen LogP contribution is -2.09. The summed E-state index contributed by atoms with van der Waals surface area (Å²) in [5.74, 6) is -0.599. The summed E-state index contributed by atoms with van der Waals surface area (Å²) in [5.41, 5.74) is 2.39. The van der Waals surface area contributed by atoms with Gasteiger partial charge in [0.15, 0.2) is 6.61 Å². The molecule has 0 aliphatic rings. The first-order valence-corrected chi connectivity index (χ1v) is 8.53. The van der Waals surface area contributed by atoms with Gasteiger partial charge < -0.3 is 9.84 Å². The summed E-state index contributed by atoms with van der Waals surface area (Å²) in [5, 5.41) is 8.63. The molecule has 2 aromatic rings. The maximum Gasteiger partial charge on any atom is 0.341 e. The first-order valence-electron chi connectivity index (χ1n) is 6.72. The first kappa shape index (κ1) is 17.0. The van der Waals surface area contributed by atoms with Gasteiger partial charge >= 0.3 is 5.97 Å². The van der Waals surface area contributed by atoms with Crippen molar-refractivity contribution in [3.05, 3.63) is 54.1 Å². The molecule has 2 aromatic carbocycles. The molecular weight excluding hydrogens is 320 g/mol. The number of aliphatic carboxylic acids is 1. The van der Waals surface area contributed by atoms with Crippen LogP contribution in [0.25, 0.3) is 11.1 Å². The minimum atomic E-state index is -3.50. The number of carbonyl (C=O) groups is 1. The molecule has 0 fully saturated rings. The zero-order chi connectivity index (χ0) is 16.9. The van der Waals surface area contributed by atoms with Crippen molar-refractivity contribution in [1.29, 1.82) is 0 Å². The summed E-state index contributed by atoms with van der Waals surface area (Å²) in [6.07, 6.45) is 1.00. The SMILES string of the molecule is CS(=O)(=O)OCc1cccc(-c2cccc(OCC(=O)O)c2)c1. The molecule has 0 heterocycles. The van der Waals surface area contributed by atoms with Gasteiger partial charge in [0.25, 0.3) is 10.1 Å². The van der Waals surface area contributed by atoms with Gasteiger partial charge in [0.2, 0.25) is 0 Å². The number of hydrogen-bond donors (Lipinski definition) is 1. The van der Waals surface area contributed by atoms with E-state index in [0.29, 0.717) is 11.3 Å². The molecule has 6 nitrogen and oxygen atoms in total. The van der Waals surface area contributed by atoms with Crippen LogP contribution < -0.4 is 4.74 Å². The van der Waals surface area contributed by atoms with Crippen molar-refractivity contribution in [2.24, 2.45) is 0 Å². The van der Waals surface area contributed by atoms with Crippen molar-refractivity contribution in [3.63, 3.8) is 0 Å². The summed E-state index contributed by atoms with van der Waals surface area (Å²) < 4.78 is 32.0. The zero-order valence-corrected chi connectivity index (χ0v) is 13.2. The Morgan fingerprint density at radius 3 is 2.39 bits per heavy atom. The fourth-order valence-corrected chi connectivity index (χ4v) is 2.28. The van der Waals surface area contributed by atoms with Gasteiger partial charge in [-0.25, -0.2) is 4.79 Å². The fraction of sp³-hybridized carbons (Fsp3) is 0.188. The minimum absolute atomic E-state index is 0.0398. The van der Waals surface area contributed by atoms with Crippen molar-refractivity contribution in [3.8, 4) is 16.9 Å². The smallest absolute Gasteiger partial charge is 0.341 e. The Morgan fingerprint density at radius 2 is 1.74 bits per heavy atom. The van der Waals surface area contributed by atoms with Crippen LogP contribution in [0.1, 0.15) is 5.56 Å². The zero-order valence-electron chi connectivity index (χ0n) is 12.4. The Kier molecular flexibility index (Phi) is 5.36. The predicted octanol–water partition coefficient (Wildman–Crippen LogP) is 2.29. The number of carboxylic acid groups (broad SMARTS) is 1. The van der Waals surface area contributed by atoms with E-state index in [2.05, 4.69) is 0 Å². The highest BCUT2D eigenvalue weighted by molar-refractivity contribution is 7.85. The topological polar surface area (TPSA) is 89.9 Å². The van der Waals surface area contributed by atoms with Gasteiger partial charge in [-0.15, -0.1) is 0 Å². The van der Waals surface area contributed by atoms with Gasteiger partial charge in [-0.05, 0) is 34.9 Å². The van der Waals surface area contributed by atoms with Gasteiger partial charge in [-0.1, -0.05) is 30.3 Å². The lowest BCUT2D eigenvalue weighted by molar-refractivity contribution is -0.139. The minimum Gasteiger partial charge on any atom is -0.482 e. The molecule has 0 amide bonds. The molecule has 0 aliphatic heterocycles. The van der Waals surface area contributed by atoms with Crippen LogP contribution in [0.2, 0.25) is 0 Å². The molecule has 0 aliphatic carbocycles. The third-order valence-corrected chi connectivity index (χ3v) is 3.44. The summed E-state index contributed by atoms with van der Waals surface area (Å²) >= 11 is 0. The number of carboxylic acids is 1. The van der Waals surface area contributed by atoms with E-state index in [9.17, 15) is 13.2 Å². The lowest BCUT2D eigenvalue weighted by atomic mass is 10.0. The van der Waals surface area contributed by atoms with Gasteiger partial charge in [-0.3, -0.25) is 4.18 Å². The quantitative estimate of drug-likeness (QED) is 0.780. The average Bonchev–Trinajstić information content (AvgIpc) is 2.51. The Hall–Kier alpha value is -2.38. The molecule has 23 heavy (non-hydrogen) atoms. The maximum absolute atomic E-state index is 11.0. The Bertz CT molecular complexity index is 798. The monoisotopic (exact) mass is 336 g/mol. The molecule has 0 unspecified atom stereocenters. The second-order valence-electron chi connectivity index (χ2n) is 4.88. The summed E-state index contributed by atoms with van der Waals surface area (Å²) in [6.45, 7) is -0.451. The second-order valence-corrected chi connectivity index (χ2v) is 6.52. The van der Waals surface area contributed by atoms with E-state index < -0.39 is 22.7 Å². The molecule has 122 valence electrons. The number of hydrogen-bond acceptors (Lipinski definition) is 5. The number of ether oxygens (including phenoxy) is 1. The molecule has 1 N–H and O–H groups in total. The Morgan fingerprint density at radius 1 is 1.09 bits per heavy atom. The highest BCUT2D eigenvalue weighted by Crippen LogP contribution is 2.25. The molecule has 0 bridgehead atoms. The summed E-state index contributed by atoms with van der Waals surface area (Å²) in [4.78, 5) is 10.5. The van der Waals surface area contributed by atoms with Crippen LogP contribution in [-0.2, 0) is 25.7 Å². The van der Waals surface area contributed by atoms with Crippen molar-refractivity contribution < 1.29 is 27.2 Å². The van der Waals surface area contributed by atoms with Gasteiger partial charge in [0.05, 0.1) is 12.9 Å². The van der Waals surface area contributed by atoms with Crippen LogP contribution >= 0.6 is 0 Å². The van der Waals surface area contributed by atoms with Crippen LogP contribution in [0.15, 0.2) is 48.5 Å². The van der Waals surface area contributed by atoms with Crippen LogP contribution in [0, 0.1) is 0 Å². The first-order chi connectivity index (χ1) is 10.8. The predicted molar refractivity (Wildman–Crippen MR) is 84.6 cm³/mol. The molecule has 7 heteroatoms. The Labute approximate surface area is 134 Å². The van der Waals surface area contributed by atoms with Crippen molar-refractivity contribution in [1.82, 2.24) is 0 Å². The van der Waals surface area contributed by atoms with E-state index in [1.807, 2.05) is 18.2 Å². The largest absolute Gasteiger partial charge is 0.482 e. The molecular formula is C16H16O6S. The van der Waals surface area contributed by atoms with Gasteiger partial charge in [-0.2, -0.15) is 8.42 Å². The summed E-state index contributed by atoms with van der Waals surface area (Å²) in [6, 6.07) is 14.2. The normalized spacial score (nSPS) is 11.2. The van der Waals surface area contributed by atoms with E-state index in [1.165, 1.54) is 0 Å². The van der Waals surface area contributed by atoms with E-state index in [-0.39, 0.29) is 6.61 Å². The number of rotatable bonds is 7. The van der Waals surface area contributed by atoms with E-state index in [0.717, 1.165) is 17.4 Å². The molecule has 2 rings (SSSR count). The third kappa shape index (κ3) is 5.72. The Balaban J connectivity index is 2.18. The highest BCUT2D eigenvalue weighted by Gasteiger charge is 2.06. The van der Waals surface area contributed by atoms with Crippen LogP contribution in [0.4, 0.5) is 0 Å². The second kappa shape index (κ2) is 7.26. The van der Waals surface area contributed by atoms with Crippen molar-refractivity contribution in [2.75, 3.05) is 12.9 Å². The van der Waals surface area contributed by atoms with Crippen molar-refractivity contribution >= 4 is 16.1 Å². The standard InChI is InChI=1S/C16H16O6S/c1-23(19,20)22-10-12-4-2-5-13(8-12)14-6-3-7-15(9-14)21-11-16(17)18/h2-9H,10-11H2,1H3,(H,17,18). The highest BCUT2D eigenvalue weighted by atomic mass is 32.2. The number of benzene rings is 2. The molecule has 0 aromatic heterocycles. The molecule has 0 atom stereocenters. The van der Waals surface area contributed by atoms with Crippen LogP contribution in [0.3, 0.4) is 0 Å². The molecule has 0 saturated carbocycles. The summed E-state index contributed by atoms with van der Waals surface area (Å²) in [7, 11) is -3.50. The molecule has 0 radical (unpaired) electrons. The average molecular weight is 336 g/mol. The van der Waals surface area contributed by atoms with Gasteiger partial charge in [0, 0.05) is 0 Å². The van der Waals surface area contributed by atoms with E-state index >= 15 is 0 Å². The maximum atomic E-state index is 11.0. The fourth-order valence-electron chi connectivity index (χ4n) is 1.93. The van der Waals surface area contributed by atoms with Crippen LogP contribution in [0.5, 0.6) is 5.75 Å². The molecule has 0 spiro atoms. The van der Waals surface area contributed by atoms with E-state index in [4.69, 9.17) is 14.0 Å². The van der Waals surface area contributed by atoms with E-state index in [1.54, 1.807) is 30.3 Å². The molecule has 0 saturated heterocycles. The van der Waals surface area contributed by atoms with Crippen LogP contribution in [-0.4, -0.2) is 32.4 Å².